The van der Waals surface area contributed by atoms with E-state index in [1.54, 1.807) is 0 Å². The molecule has 6 heteroatoms. The maximum Gasteiger partial charge on any atom is 0.0701 e. The summed E-state index contributed by atoms with van der Waals surface area (Å²) in [4.78, 5) is 8.50. The molecule has 4 rings (SSSR count). The van der Waals surface area contributed by atoms with E-state index in [2.05, 4.69) is 34.2 Å². The molecule has 0 fully saturated rings. The van der Waals surface area contributed by atoms with Crippen molar-refractivity contribution in [2.24, 2.45) is 0 Å². The Kier molecular flexibility index (Phi) is 10.8. The number of nitrogens with zero attached hydrogens (tertiary/aromatic N) is 2. The largest absolute Gasteiger partial charge is 0.256 e. The average Bonchev–Trinajstić information content (AvgIpc) is 2.76. The van der Waals surface area contributed by atoms with Crippen LogP contribution >= 0.6 is 28.8 Å². The number of pyridine rings is 2. The summed E-state index contributed by atoms with van der Waals surface area (Å²) in [5.74, 6) is 0. The van der Waals surface area contributed by atoms with Crippen molar-refractivity contribution < 1.29 is 13.5 Å². The number of benzene rings is 2. The van der Waals surface area contributed by atoms with Gasteiger partial charge in [0, 0.05) is 23.5 Å². The molecular formula is C22H18Cl3IrN2. The van der Waals surface area contributed by atoms with Crippen LogP contribution in [0, 0.1) is 0 Å². The topological polar surface area (TPSA) is 25.8 Å². The van der Waals surface area contributed by atoms with Crippen molar-refractivity contribution in [3.8, 4) is 22.5 Å². The van der Waals surface area contributed by atoms with Crippen molar-refractivity contribution in [2.45, 2.75) is 0 Å². The predicted molar refractivity (Wildman–Crippen MR) is 117 cm³/mol. The molecule has 0 aliphatic carbocycles. The van der Waals surface area contributed by atoms with Gasteiger partial charge in [-0.25, -0.2) is 0 Å². The Morgan fingerprint density at radius 2 is 0.786 bits per heavy atom. The predicted octanol–water partition coefficient (Wildman–Crippen LogP) is 7.56. The molecule has 28 heavy (non-hydrogen) atoms. The molecule has 0 saturated carbocycles. The zero-order valence-electron chi connectivity index (χ0n) is 14.8. The van der Waals surface area contributed by atoms with Crippen molar-refractivity contribution in [1.82, 2.24) is 9.97 Å². The van der Waals surface area contributed by atoms with Gasteiger partial charge in [-0.2, -0.15) is 0 Å². The number of aromatic nitrogens is 2. The third-order valence-electron chi connectivity index (χ3n) is 3.47. The Balaban J connectivity index is 0.000000169. The second-order valence-corrected chi connectivity index (χ2v) is 15.7. The summed E-state index contributed by atoms with van der Waals surface area (Å²) in [7, 11) is 14.9. The Bertz CT molecular complexity index is 741. The van der Waals surface area contributed by atoms with E-state index >= 15 is 0 Å². The maximum atomic E-state index is 4.97. The smallest absolute Gasteiger partial charge is 0.0701 e. The Hall–Kier alpha value is -1.74. The Morgan fingerprint density at radius 1 is 0.464 bits per heavy atom. The van der Waals surface area contributed by atoms with Crippen LogP contribution in [0.2, 0.25) is 0 Å². The molecule has 0 atom stereocenters. The first-order chi connectivity index (χ1) is 13.7. The van der Waals surface area contributed by atoms with Gasteiger partial charge in [0.25, 0.3) is 0 Å². The van der Waals surface area contributed by atoms with Gasteiger partial charge in [0.15, 0.2) is 0 Å². The van der Waals surface area contributed by atoms with Gasteiger partial charge in [-0.15, -0.1) is 0 Å². The minimum atomic E-state index is -1.92. The quantitative estimate of drug-likeness (QED) is 0.235. The number of hydrogen-bond donors (Lipinski definition) is 0. The zero-order chi connectivity index (χ0) is 20.0. The van der Waals surface area contributed by atoms with Gasteiger partial charge in [0.2, 0.25) is 0 Å². The SMILES string of the molecule is [Cl][Ir]([Cl])[Cl].c1ccc(-c2ccccn2)cc1.c1ccc(-c2ccccn2)cc1. The van der Waals surface area contributed by atoms with Gasteiger partial charge in [-0.3, -0.25) is 9.97 Å². The number of rotatable bonds is 2. The van der Waals surface area contributed by atoms with E-state index in [-0.39, 0.29) is 0 Å². The maximum absolute atomic E-state index is 4.97. The molecule has 0 aliphatic rings. The third kappa shape index (κ3) is 8.97. The van der Waals surface area contributed by atoms with E-state index in [1.165, 1.54) is 0 Å². The van der Waals surface area contributed by atoms with E-state index in [1.807, 2.05) is 85.2 Å². The van der Waals surface area contributed by atoms with Crippen LogP contribution < -0.4 is 0 Å². The molecule has 0 amide bonds. The van der Waals surface area contributed by atoms with Gasteiger partial charge in [0.1, 0.15) is 0 Å². The van der Waals surface area contributed by atoms with Crippen LogP contribution in [0.15, 0.2) is 109 Å². The second kappa shape index (κ2) is 13.4. The number of halogens is 3. The van der Waals surface area contributed by atoms with Crippen LogP contribution in [0.1, 0.15) is 0 Å². The van der Waals surface area contributed by atoms with Crippen molar-refractivity contribution >= 4 is 28.8 Å². The average molecular weight is 609 g/mol. The minimum Gasteiger partial charge on any atom is -0.256 e. The van der Waals surface area contributed by atoms with E-state index in [4.69, 9.17) is 28.8 Å². The summed E-state index contributed by atoms with van der Waals surface area (Å²) < 4.78 is 0. The van der Waals surface area contributed by atoms with Crippen molar-refractivity contribution in [2.75, 3.05) is 0 Å². The molecule has 146 valence electrons. The van der Waals surface area contributed by atoms with E-state index in [0.717, 1.165) is 22.5 Å². The van der Waals surface area contributed by atoms with Crippen LogP contribution in [-0.4, -0.2) is 9.97 Å². The van der Waals surface area contributed by atoms with Crippen LogP contribution in [0.25, 0.3) is 22.5 Å². The monoisotopic (exact) mass is 608 g/mol. The standard InChI is InChI=1S/2C11H9N.3ClH.Ir/c2*1-2-6-10(7-3-1)11-8-4-5-9-12-11;;;;/h2*1-9H;3*1H;/q;;;;;+3/p-3. The van der Waals surface area contributed by atoms with Crippen LogP contribution in [-0.2, 0) is 13.5 Å². The van der Waals surface area contributed by atoms with Crippen LogP contribution in [0.5, 0.6) is 0 Å². The Labute approximate surface area is 183 Å². The van der Waals surface area contributed by atoms with Crippen molar-refractivity contribution in [3.63, 3.8) is 0 Å². The summed E-state index contributed by atoms with van der Waals surface area (Å²) in [5.41, 5.74) is 4.38. The molecule has 2 heterocycles. The molecular weight excluding hydrogens is 591 g/mol. The van der Waals surface area contributed by atoms with Crippen molar-refractivity contribution in [3.05, 3.63) is 109 Å². The van der Waals surface area contributed by atoms with Gasteiger partial charge in [-0.1, -0.05) is 72.8 Å². The van der Waals surface area contributed by atoms with E-state index < -0.39 is 13.5 Å². The van der Waals surface area contributed by atoms with Crippen LogP contribution in [0.4, 0.5) is 0 Å². The normalized spacial score (nSPS) is 9.89. The van der Waals surface area contributed by atoms with Gasteiger partial charge < -0.3 is 0 Å². The van der Waals surface area contributed by atoms with Gasteiger partial charge >= 0.3 is 42.2 Å². The number of hydrogen-bond acceptors (Lipinski definition) is 2. The Morgan fingerprint density at radius 3 is 1.07 bits per heavy atom. The molecule has 4 aromatic rings. The van der Waals surface area contributed by atoms with Crippen LogP contribution in [0.3, 0.4) is 0 Å². The zero-order valence-corrected chi connectivity index (χ0v) is 19.4. The van der Waals surface area contributed by atoms with E-state index in [9.17, 15) is 0 Å². The second-order valence-electron chi connectivity index (χ2n) is 5.30. The molecule has 0 radical (unpaired) electrons. The first-order valence-corrected chi connectivity index (χ1v) is 17.1. The molecule has 0 saturated heterocycles. The third-order valence-corrected chi connectivity index (χ3v) is 3.47. The first-order valence-electron chi connectivity index (χ1n) is 8.24. The summed E-state index contributed by atoms with van der Waals surface area (Å²) >= 11 is -1.92. The molecule has 2 nitrogen and oxygen atoms in total. The van der Waals surface area contributed by atoms with Crippen molar-refractivity contribution in [1.29, 1.82) is 0 Å². The molecule has 0 unspecified atom stereocenters. The van der Waals surface area contributed by atoms with Gasteiger partial charge in [0.05, 0.1) is 11.4 Å². The molecule has 0 spiro atoms. The first kappa shape index (κ1) is 22.5. The summed E-state index contributed by atoms with van der Waals surface area (Å²) in [6.07, 6.45) is 3.62. The fraction of sp³-hybridized carbons (Fsp3) is 0. The summed E-state index contributed by atoms with van der Waals surface area (Å²) in [6, 6.07) is 32.2. The fourth-order valence-electron chi connectivity index (χ4n) is 2.28. The minimum absolute atomic E-state index is 1.03. The molecule has 0 aliphatic heterocycles. The molecule has 2 aromatic heterocycles. The molecule has 0 bridgehead atoms. The van der Waals surface area contributed by atoms with E-state index in [0.29, 0.717) is 0 Å². The molecule has 2 aromatic carbocycles. The summed E-state index contributed by atoms with van der Waals surface area (Å²) in [6.45, 7) is 0. The molecule has 0 N–H and O–H groups in total. The fourth-order valence-corrected chi connectivity index (χ4v) is 2.28. The summed E-state index contributed by atoms with van der Waals surface area (Å²) in [5, 5.41) is 0. The van der Waals surface area contributed by atoms with Gasteiger partial charge in [-0.05, 0) is 24.3 Å².